The molecule has 3 aliphatic rings. The average molecular weight is 640 g/mol. The van der Waals surface area contributed by atoms with Gasteiger partial charge in [-0.1, -0.05) is 6.58 Å². The van der Waals surface area contributed by atoms with Gasteiger partial charge in [0.1, 0.15) is 55.5 Å². The Morgan fingerprint density at radius 1 is 1.09 bits per heavy atom. The molecule has 238 valence electrons. The highest BCUT2D eigenvalue weighted by Crippen LogP contribution is 2.49. The monoisotopic (exact) mass is 639 g/mol. The van der Waals surface area contributed by atoms with Crippen molar-refractivity contribution >= 4 is 43.2 Å². The summed E-state index contributed by atoms with van der Waals surface area (Å²) in [7, 11) is -4.85. The highest BCUT2D eigenvalue weighted by molar-refractivity contribution is 7.47. The number of phosphoric acid groups is 1. The zero-order chi connectivity index (χ0) is 31.8. The molecule has 3 aliphatic heterocycles. The SMILES string of the molecule is C=C1NC(N)=Nc2c1ncn2[C@H]1C[C@@H](OC(C)=O)[C@@H](COP(=O)(O)O[C@@H]2C[C@H](n3cnc(N)nc3=O)O[C@@H]2COC(C)=O)O1. The fraction of sp³-hybridized carbons (Fsp3) is 0.522. The van der Waals surface area contributed by atoms with Crippen LogP contribution < -0.4 is 22.5 Å². The van der Waals surface area contributed by atoms with Crippen molar-refractivity contribution in [1.29, 1.82) is 0 Å². The van der Waals surface area contributed by atoms with E-state index >= 15 is 0 Å². The Balaban J connectivity index is 1.28. The first-order valence-electron chi connectivity index (χ1n) is 13.1. The predicted octanol–water partition coefficient (Wildman–Crippen LogP) is -0.791. The summed E-state index contributed by atoms with van der Waals surface area (Å²) in [5, 5.41) is 2.78. The van der Waals surface area contributed by atoms with E-state index in [1.807, 2.05) is 0 Å². The van der Waals surface area contributed by atoms with Gasteiger partial charge in [0.05, 0.1) is 18.6 Å². The number of anilines is 1. The van der Waals surface area contributed by atoms with E-state index in [9.17, 15) is 23.8 Å². The number of nitrogen functional groups attached to an aromatic ring is 1. The van der Waals surface area contributed by atoms with E-state index in [4.69, 9.17) is 39.5 Å². The highest BCUT2D eigenvalue weighted by atomic mass is 31.2. The number of nitrogens with two attached hydrogens (primary N) is 2. The van der Waals surface area contributed by atoms with Crippen molar-refractivity contribution in [1.82, 2.24) is 29.4 Å². The van der Waals surface area contributed by atoms with Crippen LogP contribution in [-0.2, 0) is 42.1 Å². The molecule has 1 unspecified atom stereocenters. The number of hydrogen-bond donors (Lipinski definition) is 4. The van der Waals surface area contributed by atoms with Crippen LogP contribution in [0.4, 0.5) is 11.8 Å². The smallest absolute Gasteiger partial charge is 0.463 e. The summed E-state index contributed by atoms with van der Waals surface area (Å²) in [6.45, 7) is 5.35. The number of phosphoric ester groups is 1. The lowest BCUT2D eigenvalue weighted by Gasteiger charge is -2.23. The number of nitrogens with one attached hydrogen (secondary N) is 1. The summed E-state index contributed by atoms with van der Waals surface area (Å²) >= 11 is 0. The number of guanidine groups is 1. The third kappa shape index (κ3) is 6.95. The molecule has 0 bridgehead atoms. The fourth-order valence-corrected chi connectivity index (χ4v) is 5.82. The molecule has 5 rings (SSSR count). The molecule has 2 aromatic heterocycles. The van der Waals surface area contributed by atoms with Crippen LogP contribution in [0.25, 0.3) is 5.70 Å². The van der Waals surface area contributed by atoms with Gasteiger partial charge in [0.15, 0.2) is 11.8 Å². The second kappa shape index (κ2) is 12.4. The molecule has 6 N–H and O–H groups in total. The first kappa shape index (κ1) is 31.2. The van der Waals surface area contributed by atoms with Gasteiger partial charge in [-0.2, -0.15) is 9.98 Å². The number of imidazole rings is 1. The highest BCUT2D eigenvalue weighted by Gasteiger charge is 2.45. The molecular formula is C23H30N9O11P. The van der Waals surface area contributed by atoms with Crippen molar-refractivity contribution in [3.05, 3.63) is 35.4 Å². The van der Waals surface area contributed by atoms with Crippen molar-refractivity contribution in [3.63, 3.8) is 0 Å². The Bertz CT molecular complexity index is 1590. The number of carbonyl (C=O) groups is 2. The summed E-state index contributed by atoms with van der Waals surface area (Å²) in [5.41, 5.74) is 11.3. The molecule has 2 saturated heterocycles. The van der Waals surface area contributed by atoms with Crippen LogP contribution in [0, 0.1) is 0 Å². The quantitative estimate of drug-likeness (QED) is 0.183. The van der Waals surface area contributed by atoms with Crippen LogP contribution in [-0.4, -0.2) is 84.5 Å². The molecule has 0 radical (unpaired) electrons. The number of rotatable bonds is 10. The van der Waals surface area contributed by atoms with Crippen LogP contribution in [0.1, 0.15) is 44.8 Å². The maximum atomic E-state index is 13.1. The van der Waals surface area contributed by atoms with E-state index in [0.717, 1.165) is 10.9 Å². The van der Waals surface area contributed by atoms with Crippen LogP contribution in [0.2, 0.25) is 0 Å². The fourth-order valence-electron chi connectivity index (χ4n) is 4.86. The lowest BCUT2D eigenvalue weighted by Crippen LogP contribution is -2.32. The molecule has 2 fully saturated rings. The largest absolute Gasteiger partial charge is 0.472 e. The molecule has 0 saturated carbocycles. The van der Waals surface area contributed by atoms with E-state index in [1.165, 1.54) is 20.2 Å². The minimum atomic E-state index is -4.85. The molecule has 0 aromatic carbocycles. The van der Waals surface area contributed by atoms with E-state index in [2.05, 4.69) is 31.8 Å². The lowest BCUT2D eigenvalue weighted by atomic mass is 10.2. The molecule has 20 nitrogen and oxygen atoms in total. The van der Waals surface area contributed by atoms with Gasteiger partial charge in [0.25, 0.3) is 0 Å². The van der Waals surface area contributed by atoms with Gasteiger partial charge in [0, 0.05) is 26.7 Å². The molecule has 0 amide bonds. The lowest BCUT2D eigenvalue weighted by molar-refractivity contribution is -0.150. The third-order valence-corrected chi connectivity index (χ3v) is 7.74. The summed E-state index contributed by atoms with van der Waals surface area (Å²) in [6.07, 6.45) is -3.39. The summed E-state index contributed by atoms with van der Waals surface area (Å²) in [5.74, 6) is -1.04. The topological polar surface area (TPSA) is 269 Å². The third-order valence-electron chi connectivity index (χ3n) is 6.72. The van der Waals surface area contributed by atoms with Crippen molar-refractivity contribution in [2.24, 2.45) is 10.7 Å². The van der Waals surface area contributed by atoms with Gasteiger partial charge >= 0.3 is 25.5 Å². The van der Waals surface area contributed by atoms with Gasteiger partial charge < -0.3 is 40.6 Å². The Labute approximate surface area is 248 Å². The van der Waals surface area contributed by atoms with Gasteiger partial charge in [-0.05, 0) is 0 Å². The summed E-state index contributed by atoms with van der Waals surface area (Å²) < 4.78 is 48.5. The normalized spacial score (nSPS) is 27.6. The Morgan fingerprint density at radius 3 is 2.43 bits per heavy atom. The van der Waals surface area contributed by atoms with Gasteiger partial charge in [0.2, 0.25) is 5.95 Å². The number of nitrogens with zero attached hydrogens (tertiary/aromatic N) is 6. The minimum Gasteiger partial charge on any atom is -0.463 e. The Kier molecular flexibility index (Phi) is 8.82. The molecule has 21 heteroatoms. The van der Waals surface area contributed by atoms with Crippen molar-refractivity contribution in [2.45, 2.75) is 63.6 Å². The van der Waals surface area contributed by atoms with Gasteiger partial charge in [-0.15, -0.1) is 0 Å². The predicted molar refractivity (Wildman–Crippen MR) is 146 cm³/mol. The van der Waals surface area contributed by atoms with Crippen molar-refractivity contribution < 1.29 is 47.0 Å². The van der Waals surface area contributed by atoms with E-state index < -0.39 is 68.9 Å². The van der Waals surface area contributed by atoms with Gasteiger partial charge in [-0.3, -0.25) is 27.8 Å². The van der Waals surface area contributed by atoms with Crippen LogP contribution >= 0.6 is 7.82 Å². The molecule has 7 atom stereocenters. The molecule has 0 spiro atoms. The molecule has 2 aromatic rings. The summed E-state index contributed by atoms with van der Waals surface area (Å²) in [4.78, 5) is 61.9. The number of aliphatic imine (C=N–C) groups is 1. The van der Waals surface area contributed by atoms with Crippen LogP contribution in [0.5, 0.6) is 0 Å². The number of aromatic nitrogens is 5. The van der Waals surface area contributed by atoms with Gasteiger partial charge in [-0.25, -0.2) is 19.3 Å². The zero-order valence-electron chi connectivity index (χ0n) is 23.5. The summed E-state index contributed by atoms with van der Waals surface area (Å²) in [6, 6.07) is 0. The number of esters is 2. The minimum absolute atomic E-state index is 0.0935. The molecule has 0 aliphatic carbocycles. The number of fused-ring (bicyclic) bond motifs is 1. The van der Waals surface area contributed by atoms with E-state index in [1.54, 1.807) is 4.57 Å². The number of ether oxygens (including phenoxy) is 4. The number of hydrogen-bond acceptors (Lipinski definition) is 17. The van der Waals surface area contributed by atoms with Crippen molar-refractivity contribution in [2.75, 3.05) is 18.9 Å². The second-order valence-electron chi connectivity index (χ2n) is 9.92. The van der Waals surface area contributed by atoms with Crippen LogP contribution in [0.15, 0.2) is 29.0 Å². The Morgan fingerprint density at radius 2 is 1.75 bits per heavy atom. The average Bonchev–Trinajstić information content (AvgIpc) is 3.63. The molecule has 44 heavy (non-hydrogen) atoms. The first-order valence-corrected chi connectivity index (χ1v) is 14.6. The molecular weight excluding hydrogens is 609 g/mol. The van der Waals surface area contributed by atoms with E-state index in [-0.39, 0.29) is 31.4 Å². The Hall–Kier alpha value is -4.20. The van der Waals surface area contributed by atoms with Crippen molar-refractivity contribution in [3.8, 4) is 0 Å². The zero-order valence-corrected chi connectivity index (χ0v) is 24.4. The maximum Gasteiger partial charge on any atom is 0.472 e. The first-order chi connectivity index (χ1) is 20.8. The number of carbonyl (C=O) groups excluding carboxylic acids is 2. The molecule has 5 heterocycles. The van der Waals surface area contributed by atoms with Crippen LogP contribution in [0.3, 0.4) is 0 Å². The maximum absolute atomic E-state index is 13.1. The van der Waals surface area contributed by atoms with E-state index in [0.29, 0.717) is 17.2 Å². The standard InChI is InChI=1S/C23H30N9O11P/c1-10-19-20(29-22(25)28-10)31(8-26-19)17-4-13(40-12(3)34)16(42-17)7-39-44(36,37)43-14-5-18(41-15(14)6-38-11(2)33)32-9-27-21(24)30-23(32)35/h8-9,13-18H,1,4-7H2,2-3H3,(H,36,37)(H2,24,30,35)(H3,25,28,29)/t13-,14-,15-,16-,17-,18-/m1/s1. The second-order valence-corrected chi connectivity index (χ2v) is 11.3.